The molecule has 0 atom stereocenters. The van der Waals surface area contributed by atoms with E-state index in [1.807, 2.05) is 6.07 Å². The van der Waals surface area contributed by atoms with E-state index in [1.54, 1.807) is 24.3 Å². The van der Waals surface area contributed by atoms with Crippen molar-refractivity contribution in [2.75, 3.05) is 0 Å². The van der Waals surface area contributed by atoms with Crippen LogP contribution >= 0.6 is 23.2 Å². The first-order valence-electron chi connectivity index (χ1n) is 4.88. The molecule has 0 aliphatic carbocycles. The van der Waals surface area contributed by atoms with Crippen LogP contribution in [-0.2, 0) is 0 Å². The molecule has 0 aliphatic heterocycles. The number of hydrogen-bond acceptors (Lipinski definition) is 2. The van der Waals surface area contributed by atoms with Gasteiger partial charge in [0.15, 0.2) is 5.78 Å². The van der Waals surface area contributed by atoms with E-state index in [0.29, 0.717) is 5.56 Å². The second-order valence-corrected chi connectivity index (χ2v) is 4.21. The van der Waals surface area contributed by atoms with E-state index >= 15 is 0 Å². The summed E-state index contributed by atoms with van der Waals surface area (Å²) in [5.74, 6) is -0.362. The van der Waals surface area contributed by atoms with Crippen LogP contribution < -0.4 is 0 Å². The number of carbonyl (C=O) groups excluding carboxylic acids is 1. The summed E-state index contributed by atoms with van der Waals surface area (Å²) in [6.07, 6.45) is 0. The first-order valence-corrected chi connectivity index (χ1v) is 5.63. The highest BCUT2D eigenvalue weighted by Crippen LogP contribution is 2.34. The zero-order valence-electron chi connectivity index (χ0n) is 8.65. The molecule has 0 unspecified atom stereocenters. The average Bonchev–Trinajstić information content (AvgIpc) is 2.36. The molecule has 0 fully saturated rings. The first-order chi connectivity index (χ1) is 8.11. The maximum Gasteiger partial charge on any atom is 0.194 e. The van der Waals surface area contributed by atoms with Gasteiger partial charge in [0.2, 0.25) is 0 Å². The molecule has 2 aromatic carbocycles. The van der Waals surface area contributed by atoms with E-state index in [1.165, 1.54) is 12.1 Å². The lowest BCUT2D eigenvalue weighted by Gasteiger charge is -2.06. The molecule has 86 valence electrons. The Morgan fingerprint density at radius 1 is 0.941 bits per heavy atom. The van der Waals surface area contributed by atoms with E-state index in [0.717, 1.165) is 0 Å². The number of carbonyl (C=O) groups is 1. The molecular weight excluding hydrogens is 259 g/mol. The number of aromatic hydroxyl groups is 1. The van der Waals surface area contributed by atoms with Gasteiger partial charge < -0.3 is 5.11 Å². The van der Waals surface area contributed by atoms with Crippen molar-refractivity contribution >= 4 is 29.0 Å². The smallest absolute Gasteiger partial charge is 0.194 e. The first kappa shape index (κ1) is 12.0. The van der Waals surface area contributed by atoms with E-state index in [4.69, 9.17) is 23.2 Å². The van der Waals surface area contributed by atoms with Crippen molar-refractivity contribution in [2.45, 2.75) is 0 Å². The molecule has 2 aromatic rings. The van der Waals surface area contributed by atoms with Crippen molar-refractivity contribution in [1.82, 2.24) is 0 Å². The molecule has 0 aromatic heterocycles. The molecule has 0 bridgehead atoms. The van der Waals surface area contributed by atoms with Crippen molar-refractivity contribution in [3.8, 4) is 5.75 Å². The Hall–Kier alpha value is -1.51. The molecule has 0 radical (unpaired) electrons. The van der Waals surface area contributed by atoms with Gasteiger partial charge in [0.1, 0.15) is 10.8 Å². The number of ketones is 1. The van der Waals surface area contributed by atoms with Gasteiger partial charge in [-0.3, -0.25) is 4.79 Å². The number of hydrogen-bond donors (Lipinski definition) is 1. The zero-order valence-corrected chi connectivity index (χ0v) is 10.2. The van der Waals surface area contributed by atoms with Crippen LogP contribution in [0.25, 0.3) is 0 Å². The third-order valence-electron chi connectivity index (χ3n) is 2.34. The summed E-state index contributed by atoms with van der Waals surface area (Å²) < 4.78 is 0. The lowest BCUT2D eigenvalue weighted by molar-refractivity contribution is 0.103. The highest BCUT2D eigenvalue weighted by Gasteiger charge is 2.16. The van der Waals surface area contributed by atoms with Crippen LogP contribution in [0, 0.1) is 0 Å². The quantitative estimate of drug-likeness (QED) is 0.837. The van der Waals surface area contributed by atoms with Crippen LogP contribution in [0.3, 0.4) is 0 Å². The summed E-state index contributed by atoms with van der Waals surface area (Å²) in [5.41, 5.74) is 0.803. The zero-order chi connectivity index (χ0) is 12.4. The molecule has 0 spiro atoms. The molecule has 0 heterocycles. The Labute approximate surface area is 108 Å². The second kappa shape index (κ2) is 4.78. The second-order valence-electron chi connectivity index (χ2n) is 3.46. The molecule has 4 heteroatoms. The SMILES string of the molecule is O=C(c1ccccc1)c1ccc(O)c(Cl)c1Cl. The fraction of sp³-hybridized carbons (Fsp3) is 0. The van der Waals surface area contributed by atoms with Crippen molar-refractivity contribution in [3.63, 3.8) is 0 Å². The normalized spacial score (nSPS) is 10.2. The lowest BCUT2D eigenvalue weighted by Crippen LogP contribution is -2.02. The number of phenolic OH excluding ortho intramolecular Hbond substituents is 1. The minimum atomic E-state index is -0.225. The topological polar surface area (TPSA) is 37.3 Å². The number of phenols is 1. The maximum absolute atomic E-state index is 12.1. The summed E-state index contributed by atoms with van der Waals surface area (Å²) in [7, 11) is 0. The maximum atomic E-state index is 12.1. The van der Waals surface area contributed by atoms with Gasteiger partial charge in [-0.1, -0.05) is 53.5 Å². The minimum Gasteiger partial charge on any atom is -0.506 e. The minimum absolute atomic E-state index is 0.00607. The van der Waals surface area contributed by atoms with Gasteiger partial charge in [0.05, 0.1) is 5.02 Å². The third kappa shape index (κ3) is 2.28. The Morgan fingerprint density at radius 3 is 2.24 bits per heavy atom. The molecule has 0 amide bonds. The van der Waals surface area contributed by atoms with Gasteiger partial charge in [-0.05, 0) is 12.1 Å². The van der Waals surface area contributed by atoms with Crippen LogP contribution in [0.15, 0.2) is 42.5 Å². The fourth-order valence-corrected chi connectivity index (χ4v) is 1.87. The number of rotatable bonds is 2. The van der Waals surface area contributed by atoms with Gasteiger partial charge >= 0.3 is 0 Å². The summed E-state index contributed by atoms with van der Waals surface area (Å²) in [6.45, 7) is 0. The third-order valence-corrected chi connectivity index (χ3v) is 3.21. The molecular formula is C13H8Cl2O2. The monoisotopic (exact) mass is 266 g/mol. The summed E-state index contributed by atoms with van der Waals surface area (Å²) in [5, 5.41) is 9.41. The van der Waals surface area contributed by atoms with Gasteiger partial charge in [0, 0.05) is 11.1 Å². The molecule has 0 saturated carbocycles. The lowest BCUT2D eigenvalue weighted by atomic mass is 10.0. The van der Waals surface area contributed by atoms with Gasteiger partial charge in [-0.2, -0.15) is 0 Å². The largest absolute Gasteiger partial charge is 0.506 e. The fourth-order valence-electron chi connectivity index (χ4n) is 1.46. The average molecular weight is 267 g/mol. The molecule has 1 N–H and O–H groups in total. The van der Waals surface area contributed by atoms with Crippen LogP contribution in [0.1, 0.15) is 15.9 Å². The van der Waals surface area contributed by atoms with Crippen molar-refractivity contribution in [3.05, 3.63) is 63.6 Å². The van der Waals surface area contributed by atoms with Gasteiger partial charge in [0.25, 0.3) is 0 Å². The number of benzene rings is 2. The van der Waals surface area contributed by atoms with Crippen LogP contribution in [-0.4, -0.2) is 10.9 Å². The van der Waals surface area contributed by atoms with E-state index < -0.39 is 0 Å². The summed E-state index contributed by atoms with van der Waals surface area (Å²) in [4.78, 5) is 12.1. The Balaban J connectivity index is 2.49. The summed E-state index contributed by atoms with van der Waals surface area (Å²) >= 11 is 11.7. The molecule has 2 rings (SSSR count). The predicted molar refractivity (Wildman–Crippen MR) is 68.0 cm³/mol. The standard InChI is InChI=1S/C13H8Cl2O2/c14-11-9(6-7-10(16)12(11)15)13(17)8-4-2-1-3-5-8/h1-7,16H. The summed E-state index contributed by atoms with van der Waals surface area (Å²) in [6, 6.07) is 11.6. The van der Waals surface area contributed by atoms with Crippen LogP contribution in [0.4, 0.5) is 0 Å². The molecule has 0 aliphatic rings. The van der Waals surface area contributed by atoms with E-state index in [-0.39, 0.29) is 27.1 Å². The highest BCUT2D eigenvalue weighted by atomic mass is 35.5. The van der Waals surface area contributed by atoms with Gasteiger partial charge in [-0.25, -0.2) is 0 Å². The highest BCUT2D eigenvalue weighted by molar-refractivity contribution is 6.45. The van der Waals surface area contributed by atoms with E-state index in [9.17, 15) is 9.90 Å². The van der Waals surface area contributed by atoms with Crippen LogP contribution in [0.2, 0.25) is 10.0 Å². The van der Waals surface area contributed by atoms with Gasteiger partial charge in [-0.15, -0.1) is 0 Å². The Bertz CT molecular complexity index is 565. The van der Waals surface area contributed by atoms with Crippen molar-refractivity contribution < 1.29 is 9.90 Å². The predicted octanol–water partition coefficient (Wildman–Crippen LogP) is 3.93. The Kier molecular flexibility index (Phi) is 3.36. The van der Waals surface area contributed by atoms with Crippen molar-refractivity contribution in [1.29, 1.82) is 0 Å². The Morgan fingerprint density at radius 2 is 1.59 bits per heavy atom. The molecule has 17 heavy (non-hydrogen) atoms. The number of halogens is 2. The van der Waals surface area contributed by atoms with E-state index in [2.05, 4.69) is 0 Å². The molecule has 2 nitrogen and oxygen atoms in total. The van der Waals surface area contributed by atoms with Crippen molar-refractivity contribution in [2.24, 2.45) is 0 Å². The molecule has 0 saturated heterocycles. The van der Waals surface area contributed by atoms with Crippen LogP contribution in [0.5, 0.6) is 5.75 Å².